The molecule has 3 aliphatic heterocycles. The lowest BCUT2D eigenvalue weighted by atomic mass is 9.86. The highest BCUT2D eigenvalue weighted by Gasteiger charge is 2.64. The van der Waals surface area contributed by atoms with Crippen molar-refractivity contribution in [1.29, 1.82) is 0 Å². The zero-order valence-corrected chi connectivity index (χ0v) is 36.4. The van der Waals surface area contributed by atoms with Crippen LogP contribution in [-0.2, 0) is 49.3 Å². The van der Waals surface area contributed by atoms with Gasteiger partial charge in [0, 0.05) is 52.9 Å². The molecule has 59 heavy (non-hydrogen) atoms. The molecule has 328 valence electrons. The average Bonchev–Trinajstić information content (AvgIpc) is 3.81. The quantitative estimate of drug-likeness (QED) is 0.0437. The summed E-state index contributed by atoms with van der Waals surface area (Å²) in [5.74, 6) is -3.36. The standard InChI is InChI=1S/C28H44N4O11.C14H17ClO/c1-16(18-15-28(39,40-6)30-26(38)41-18)24-27(3,43-24)19(14-20(33)29-4)42-25(37)17(2)31(5)21(34)10-8-7-9-13-32-22(35)11-12-23(32)36;1-4-5-6-11(2)9-12-7-8-13(15)14(10-12)16-3/h16-19,24,39H,7-15H2,1-6H3,(H,29,33)(H,30,38);4-8,10H,9H2,1-3H3/b;5-4+,11-6+. The van der Waals surface area contributed by atoms with E-state index < -0.39 is 59.8 Å². The number of methoxy groups -OCH3 is 2. The lowest BCUT2D eigenvalue weighted by Crippen LogP contribution is -2.59. The van der Waals surface area contributed by atoms with Gasteiger partial charge in [0.25, 0.3) is 5.91 Å². The molecule has 1 aromatic rings. The number of nitrogens with one attached hydrogen (secondary N) is 2. The minimum atomic E-state index is -1.91. The summed E-state index contributed by atoms with van der Waals surface area (Å²) in [5.41, 5.74) is 1.41. The van der Waals surface area contributed by atoms with Crippen molar-refractivity contribution in [2.24, 2.45) is 5.92 Å². The van der Waals surface area contributed by atoms with E-state index in [1.54, 1.807) is 21.0 Å². The summed E-state index contributed by atoms with van der Waals surface area (Å²) in [7, 11) is 5.82. The lowest BCUT2D eigenvalue weighted by molar-refractivity contribution is -0.237. The molecule has 17 heteroatoms. The van der Waals surface area contributed by atoms with Crippen LogP contribution in [0.1, 0.15) is 91.5 Å². The third-order valence-electron chi connectivity index (χ3n) is 10.9. The van der Waals surface area contributed by atoms with E-state index in [4.69, 9.17) is 35.3 Å². The SMILES string of the molecule is C/C=C/C=C(\C)Cc1ccc(Cl)c(OC)c1.CNC(=O)CC(OC(=O)C(C)N(C)C(=O)CCCCCN1C(=O)CCC1=O)C1(C)OC1C(C)C1CC(O)(OC)NC(=O)O1. The maximum absolute atomic E-state index is 13.2. The molecule has 1 aromatic carbocycles. The highest BCUT2D eigenvalue weighted by Crippen LogP contribution is 2.48. The molecule has 4 rings (SSSR count). The molecule has 7 unspecified atom stereocenters. The van der Waals surface area contributed by atoms with Gasteiger partial charge in [0.1, 0.15) is 29.6 Å². The van der Waals surface area contributed by atoms with Crippen LogP contribution in [0.15, 0.2) is 42.0 Å². The summed E-state index contributed by atoms with van der Waals surface area (Å²) in [5, 5.41) is 15.8. The van der Waals surface area contributed by atoms with Crippen LogP contribution in [0.4, 0.5) is 4.79 Å². The fourth-order valence-electron chi connectivity index (χ4n) is 6.91. The number of aliphatic hydroxyl groups is 1. The van der Waals surface area contributed by atoms with E-state index in [1.165, 1.54) is 49.1 Å². The van der Waals surface area contributed by atoms with Gasteiger partial charge in [-0.15, -0.1) is 0 Å². The molecule has 0 spiro atoms. The van der Waals surface area contributed by atoms with E-state index in [0.29, 0.717) is 30.8 Å². The summed E-state index contributed by atoms with van der Waals surface area (Å²) in [6, 6.07) is 4.92. The molecule has 3 heterocycles. The van der Waals surface area contributed by atoms with Crippen molar-refractivity contribution in [3.8, 4) is 5.75 Å². The zero-order chi connectivity index (χ0) is 44.1. The van der Waals surface area contributed by atoms with Crippen molar-refractivity contribution < 1.29 is 57.6 Å². The van der Waals surface area contributed by atoms with E-state index in [2.05, 4.69) is 23.6 Å². The van der Waals surface area contributed by atoms with Crippen LogP contribution in [-0.4, -0.2) is 121 Å². The molecule has 3 N–H and O–H groups in total. The van der Waals surface area contributed by atoms with Crippen LogP contribution in [0.25, 0.3) is 0 Å². The second-order valence-corrected chi connectivity index (χ2v) is 15.7. The first-order valence-electron chi connectivity index (χ1n) is 19.9. The Morgan fingerprint density at radius 3 is 2.42 bits per heavy atom. The van der Waals surface area contributed by atoms with Gasteiger partial charge in [-0.2, -0.15) is 0 Å². The van der Waals surface area contributed by atoms with Gasteiger partial charge in [-0.1, -0.05) is 54.8 Å². The van der Waals surface area contributed by atoms with Crippen LogP contribution in [0.2, 0.25) is 5.02 Å². The second-order valence-electron chi connectivity index (χ2n) is 15.3. The minimum Gasteiger partial charge on any atom is -0.495 e. The van der Waals surface area contributed by atoms with Crippen molar-refractivity contribution in [3.05, 3.63) is 52.6 Å². The van der Waals surface area contributed by atoms with Crippen LogP contribution >= 0.6 is 11.6 Å². The van der Waals surface area contributed by atoms with E-state index >= 15 is 0 Å². The molecule has 0 saturated carbocycles. The third kappa shape index (κ3) is 13.8. The number of carbonyl (C=O) groups is 6. The Morgan fingerprint density at radius 2 is 1.81 bits per heavy atom. The number of alkyl carbamates (subject to hydrolysis) is 1. The number of cyclic esters (lactones) is 1. The highest BCUT2D eigenvalue weighted by atomic mass is 35.5. The monoisotopic (exact) mass is 848 g/mol. The van der Waals surface area contributed by atoms with E-state index in [9.17, 15) is 33.9 Å². The van der Waals surface area contributed by atoms with Crippen molar-refractivity contribution in [2.75, 3.05) is 34.9 Å². The number of allylic oxidation sites excluding steroid dienone is 4. The Bertz CT molecular complexity index is 1720. The number of amides is 5. The van der Waals surface area contributed by atoms with Gasteiger partial charge in [0.05, 0.1) is 31.1 Å². The fourth-order valence-corrected chi connectivity index (χ4v) is 7.11. The summed E-state index contributed by atoms with van der Waals surface area (Å²) in [4.78, 5) is 76.3. The number of esters is 1. The van der Waals surface area contributed by atoms with Crippen molar-refractivity contribution in [2.45, 2.75) is 128 Å². The Labute approximate surface area is 351 Å². The number of imide groups is 1. The van der Waals surface area contributed by atoms with Crippen molar-refractivity contribution in [1.82, 2.24) is 20.4 Å². The number of benzene rings is 1. The molecule has 0 aromatic heterocycles. The molecule has 3 aliphatic rings. The summed E-state index contributed by atoms with van der Waals surface area (Å²) in [6.07, 6.45) is 5.95. The van der Waals surface area contributed by atoms with E-state index in [0.717, 1.165) is 12.2 Å². The van der Waals surface area contributed by atoms with Crippen LogP contribution in [0.3, 0.4) is 0 Å². The Kier molecular flexibility index (Phi) is 18.4. The maximum atomic E-state index is 13.2. The number of unbranched alkanes of at least 4 members (excludes halogenated alkanes) is 2. The van der Waals surface area contributed by atoms with E-state index in [1.807, 2.05) is 37.3 Å². The number of rotatable bonds is 19. The number of carbonyl (C=O) groups excluding carboxylic acids is 6. The van der Waals surface area contributed by atoms with Crippen molar-refractivity contribution in [3.63, 3.8) is 0 Å². The molecule has 0 bridgehead atoms. The molecule has 3 saturated heterocycles. The number of nitrogens with zero attached hydrogens (tertiary/aromatic N) is 2. The summed E-state index contributed by atoms with van der Waals surface area (Å²) < 4.78 is 27.3. The molecule has 3 fully saturated rings. The molecule has 5 amide bonds. The third-order valence-corrected chi connectivity index (χ3v) is 11.2. The molecule has 0 radical (unpaired) electrons. The van der Waals surface area contributed by atoms with Gasteiger partial charge in [0.15, 0.2) is 0 Å². The summed E-state index contributed by atoms with van der Waals surface area (Å²) in [6.45, 7) is 9.42. The number of ether oxygens (including phenoxy) is 5. The number of halogens is 1. The number of hydrogen-bond donors (Lipinski definition) is 3. The number of likely N-dealkylation sites (N-methyl/N-ethyl adjacent to an activating group) is 1. The maximum Gasteiger partial charge on any atom is 0.411 e. The highest BCUT2D eigenvalue weighted by molar-refractivity contribution is 6.32. The normalized spacial score (nSPS) is 24.3. The van der Waals surface area contributed by atoms with Crippen molar-refractivity contribution >= 4 is 47.3 Å². The Hall–Kier alpha value is -4.51. The number of hydrogen-bond acceptors (Lipinski definition) is 12. The van der Waals surface area contributed by atoms with Gasteiger partial charge in [-0.25, -0.2) is 9.59 Å². The second kappa shape index (κ2) is 22.2. The predicted octanol–water partition coefficient (Wildman–Crippen LogP) is 4.59. The number of epoxide rings is 1. The zero-order valence-electron chi connectivity index (χ0n) is 35.6. The molecule has 16 nitrogen and oxygen atoms in total. The van der Waals surface area contributed by atoms with Gasteiger partial charge in [0.2, 0.25) is 23.6 Å². The van der Waals surface area contributed by atoms with Crippen LogP contribution in [0, 0.1) is 5.92 Å². The van der Waals surface area contributed by atoms with Gasteiger partial charge < -0.3 is 39.0 Å². The first-order chi connectivity index (χ1) is 27.8. The largest absolute Gasteiger partial charge is 0.495 e. The van der Waals surface area contributed by atoms with E-state index in [-0.39, 0.29) is 49.8 Å². The fraction of sp³-hybridized carbons (Fsp3) is 0.619. The first kappa shape index (κ1) is 48.9. The van der Waals surface area contributed by atoms with Gasteiger partial charge >= 0.3 is 12.1 Å². The van der Waals surface area contributed by atoms with Gasteiger partial charge in [-0.05, 0) is 64.7 Å². The molecular formula is C42H61ClN4O12. The molecular weight excluding hydrogens is 788 g/mol. The topological polar surface area (TPSA) is 203 Å². The molecule has 7 atom stereocenters. The Balaban J connectivity index is 0.000000486. The minimum absolute atomic E-state index is 0.0787. The lowest BCUT2D eigenvalue weighted by Gasteiger charge is -2.37. The summed E-state index contributed by atoms with van der Waals surface area (Å²) >= 11 is 5.97. The van der Waals surface area contributed by atoms with Crippen LogP contribution < -0.4 is 15.4 Å². The molecule has 0 aliphatic carbocycles. The average molecular weight is 849 g/mol. The van der Waals surface area contributed by atoms with Crippen LogP contribution in [0.5, 0.6) is 5.75 Å². The smallest absolute Gasteiger partial charge is 0.411 e. The number of likely N-dealkylation sites (tertiary alicyclic amines) is 1. The Morgan fingerprint density at radius 1 is 1.14 bits per heavy atom. The first-order valence-corrected chi connectivity index (χ1v) is 20.3. The predicted molar refractivity (Wildman–Crippen MR) is 218 cm³/mol. The van der Waals surface area contributed by atoms with Gasteiger partial charge in [-0.3, -0.25) is 29.4 Å².